The maximum Gasteiger partial charge on any atom is 0.477 e. The van der Waals surface area contributed by atoms with E-state index in [-0.39, 0.29) is 4.31 Å². The first-order chi connectivity index (χ1) is 6.79. The summed E-state index contributed by atoms with van der Waals surface area (Å²) in [5, 5.41) is 0. The summed E-state index contributed by atoms with van der Waals surface area (Å²) >= 11 is 0. The van der Waals surface area contributed by atoms with Crippen LogP contribution in [0.1, 0.15) is 0 Å². The topological polar surface area (TPSA) is 15.6 Å². The van der Waals surface area contributed by atoms with Gasteiger partial charge < -0.3 is 0 Å². The minimum Gasteiger partial charge on any atom is -0.241 e. The second-order valence-corrected chi connectivity index (χ2v) is 4.56. The van der Waals surface area contributed by atoms with Crippen LogP contribution in [0.5, 0.6) is 0 Å². The lowest BCUT2D eigenvalue weighted by Gasteiger charge is -2.22. The maximum absolute atomic E-state index is 12.3. The van der Waals surface area contributed by atoms with E-state index >= 15 is 0 Å². The first-order valence-corrected chi connectivity index (χ1v) is 4.59. The van der Waals surface area contributed by atoms with Gasteiger partial charge in [-0.3, -0.25) is 0 Å². The normalized spacial score (nSPS) is 16.9. The number of nitrogens with zero attached hydrogens (tertiary/aromatic N) is 2. The van der Waals surface area contributed by atoms with E-state index in [4.69, 9.17) is 0 Å². The van der Waals surface area contributed by atoms with Crippen molar-refractivity contribution in [1.82, 2.24) is 4.31 Å². The number of hydrogen-bond acceptors (Lipinski definition) is 1. The lowest BCUT2D eigenvalue weighted by molar-refractivity contribution is -0.277. The van der Waals surface area contributed by atoms with E-state index < -0.39 is 28.6 Å². The van der Waals surface area contributed by atoms with Crippen LogP contribution in [-0.2, 0) is 10.9 Å². The van der Waals surface area contributed by atoms with Gasteiger partial charge in [0, 0.05) is 0 Å². The lowest BCUT2D eigenvalue weighted by atomic mass is 10.6. The first-order valence-electron chi connectivity index (χ1n) is 3.45. The maximum atomic E-state index is 12.3. The fraction of sp³-hybridized carbons (Fsp3) is 1.00. The summed E-state index contributed by atoms with van der Waals surface area (Å²) in [5.74, 6) is 0. The molecule has 0 aromatic rings. The van der Waals surface area contributed by atoms with Crippen molar-refractivity contribution in [3.63, 3.8) is 0 Å². The van der Waals surface area contributed by atoms with Crippen molar-refractivity contribution in [2.24, 2.45) is 4.36 Å². The van der Waals surface area contributed by atoms with Crippen molar-refractivity contribution in [2.45, 2.75) is 17.7 Å². The Balaban J connectivity index is 5.41. The van der Waals surface area contributed by atoms with Crippen LogP contribution in [0.4, 0.5) is 35.1 Å². The van der Waals surface area contributed by atoms with Gasteiger partial charge in [-0.2, -0.15) is 39.5 Å². The Morgan fingerprint density at radius 3 is 1.44 bits per heavy atom. The molecule has 0 N–H and O–H groups in total. The molecule has 0 aliphatic heterocycles. The molecule has 0 rings (SSSR count). The minimum absolute atomic E-state index is 0.139. The molecule has 0 aliphatic carbocycles. The first kappa shape index (κ1) is 15.6. The Hall–Kier alpha value is -0.450. The summed E-state index contributed by atoms with van der Waals surface area (Å²) in [6, 6.07) is -5.73. The molecule has 2 nitrogen and oxygen atoms in total. The molecule has 1 unspecified atom stereocenters. The summed E-state index contributed by atoms with van der Waals surface area (Å²) in [5.41, 5.74) is -5.28. The third-order valence-corrected chi connectivity index (χ3v) is 2.60. The molecule has 0 radical (unpaired) electrons. The molecule has 98 valence electrons. The molecule has 0 aromatic heterocycles. The van der Waals surface area contributed by atoms with Gasteiger partial charge in [0.2, 0.25) is 0 Å². The highest BCUT2D eigenvalue weighted by Crippen LogP contribution is 2.39. The minimum atomic E-state index is -6.14. The molecule has 0 saturated heterocycles. The molecule has 0 saturated carbocycles. The summed E-state index contributed by atoms with van der Waals surface area (Å²) in [6.45, 7) is 0. The lowest BCUT2D eigenvalue weighted by Crippen LogP contribution is -2.38. The molecular weight excluding hydrogens is 272 g/mol. The second-order valence-electron chi connectivity index (χ2n) is 2.65. The standard InChI is InChI=1S/C5H6F8N2S/c1-15(2)16(5(11,12)13)14-4(9,10)3(6,7)8/h1-2H3. The zero-order chi connectivity index (χ0) is 13.4. The van der Waals surface area contributed by atoms with Crippen molar-refractivity contribution in [3.05, 3.63) is 0 Å². The Morgan fingerprint density at radius 1 is 0.875 bits per heavy atom. The molecule has 0 spiro atoms. The van der Waals surface area contributed by atoms with E-state index in [1.165, 1.54) is 4.36 Å². The van der Waals surface area contributed by atoms with E-state index in [1.807, 2.05) is 0 Å². The van der Waals surface area contributed by atoms with Crippen LogP contribution < -0.4 is 0 Å². The van der Waals surface area contributed by atoms with Crippen molar-refractivity contribution < 1.29 is 35.1 Å². The van der Waals surface area contributed by atoms with Crippen molar-refractivity contribution in [2.75, 3.05) is 14.1 Å². The number of alkyl halides is 8. The van der Waals surface area contributed by atoms with Crippen molar-refractivity contribution >= 4 is 10.9 Å². The second kappa shape index (κ2) is 4.43. The number of halogens is 8. The molecule has 0 amide bonds. The average Bonchev–Trinajstić information content (AvgIpc) is 1.95. The number of rotatable bonds is 2. The predicted octanol–water partition coefficient (Wildman–Crippen LogP) is 2.94. The SMILES string of the molecule is CN(C)/S(=N\C(F)(F)C(F)(F)F)C(F)(F)F. The van der Waals surface area contributed by atoms with Crippen LogP contribution >= 0.6 is 0 Å². The highest BCUT2D eigenvalue weighted by atomic mass is 32.2. The summed E-state index contributed by atoms with van der Waals surface area (Å²) < 4.78 is 97.2. The van der Waals surface area contributed by atoms with Crippen LogP contribution in [0.3, 0.4) is 0 Å². The van der Waals surface area contributed by atoms with Gasteiger partial charge in [0.05, 0.1) is 10.9 Å². The quantitative estimate of drug-likeness (QED) is 0.560. The van der Waals surface area contributed by atoms with E-state index in [0.29, 0.717) is 14.1 Å². The van der Waals surface area contributed by atoms with Gasteiger partial charge in [-0.25, -0.2) is 4.31 Å². The molecule has 0 heterocycles. The Kier molecular flexibility index (Phi) is 4.31. The van der Waals surface area contributed by atoms with Crippen LogP contribution in [-0.4, -0.2) is 36.1 Å². The Bertz CT molecular complexity index is 277. The van der Waals surface area contributed by atoms with Gasteiger partial charge >= 0.3 is 17.7 Å². The smallest absolute Gasteiger partial charge is 0.241 e. The monoisotopic (exact) mass is 278 g/mol. The van der Waals surface area contributed by atoms with E-state index in [2.05, 4.69) is 0 Å². The van der Waals surface area contributed by atoms with E-state index in [0.717, 1.165) is 0 Å². The molecular formula is C5H6F8N2S. The fourth-order valence-corrected chi connectivity index (χ4v) is 1.50. The van der Waals surface area contributed by atoms with Crippen LogP contribution in [0.15, 0.2) is 4.36 Å². The Morgan fingerprint density at radius 2 is 1.25 bits per heavy atom. The largest absolute Gasteiger partial charge is 0.477 e. The molecule has 16 heavy (non-hydrogen) atoms. The van der Waals surface area contributed by atoms with Gasteiger partial charge in [-0.15, -0.1) is 0 Å². The zero-order valence-corrected chi connectivity index (χ0v) is 8.64. The zero-order valence-electron chi connectivity index (χ0n) is 7.83. The third kappa shape index (κ3) is 3.85. The van der Waals surface area contributed by atoms with Gasteiger partial charge in [0.25, 0.3) is 0 Å². The van der Waals surface area contributed by atoms with Crippen molar-refractivity contribution in [1.29, 1.82) is 0 Å². The fourth-order valence-electron chi connectivity index (χ4n) is 0.501. The molecule has 0 aromatic carbocycles. The van der Waals surface area contributed by atoms with Crippen LogP contribution in [0.25, 0.3) is 0 Å². The highest BCUT2D eigenvalue weighted by molar-refractivity contribution is 7.85. The molecule has 0 bridgehead atoms. The average molecular weight is 278 g/mol. The van der Waals surface area contributed by atoms with Gasteiger partial charge in [-0.05, 0) is 14.1 Å². The van der Waals surface area contributed by atoms with Gasteiger partial charge in [0.15, 0.2) is 0 Å². The number of hydrogen-bond donors (Lipinski definition) is 0. The van der Waals surface area contributed by atoms with Gasteiger partial charge in [0.1, 0.15) is 0 Å². The highest BCUT2D eigenvalue weighted by Gasteiger charge is 2.59. The molecule has 11 heteroatoms. The van der Waals surface area contributed by atoms with Crippen LogP contribution in [0, 0.1) is 0 Å². The summed E-state index contributed by atoms with van der Waals surface area (Å²) in [7, 11) is -2.12. The molecule has 0 fully saturated rings. The van der Waals surface area contributed by atoms with E-state index in [1.54, 1.807) is 0 Å². The van der Waals surface area contributed by atoms with E-state index in [9.17, 15) is 35.1 Å². The van der Waals surface area contributed by atoms with Crippen LogP contribution in [0.2, 0.25) is 0 Å². The Labute approximate surface area is 87.4 Å². The third-order valence-electron chi connectivity index (χ3n) is 1.10. The summed E-state index contributed by atoms with van der Waals surface area (Å²) in [6.07, 6.45) is -6.14. The van der Waals surface area contributed by atoms with Crippen molar-refractivity contribution in [3.8, 4) is 0 Å². The molecule has 0 aliphatic rings. The predicted molar refractivity (Wildman–Crippen MR) is 40.5 cm³/mol. The summed E-state index contributed by atoms with van der Waals surface area (Å²) in [4.78, 5) is 0. The molecule has 1 atom stereocenters. The van der Waals surface area contributed by atoms with Gasteiger partial charge in [-0.1, -0.05) is 0 Å².